The Labute approximate surface area is 193 Å². The molecule has 33 heavy (non-hydrogen) atoms. The van der Waals surface area contributed by atoms with Crippen LogP contribution in [0.5, 0.6) is 0 Å². The summed E-state index contributed by atoms with van der Waals surface area (Å²) in [6.07, 6.45) is -4.99. The molecule has 0 amide bonds. The van der Waals surface area contributed by atoms with Gasteiger partial charge in [-0.3, -0.25) is 0 Å². The number of aliphatic hydroxyl groups excluding tert-OH is 3. The van der Waals surface area contributed by atoms with Crippen LogP contribution >= 0.6 is 0 Å². The maximum Gasteiger partial charge on any atom is 0.120 e. The molecule has 7 bridgehead atoms. The summed E-state index contributed by atoms with van der Waals surface area (Å²) in [7, 11) is 6.21. The van der Waals surface area contributed by atoms with Crippen LogP contribution in [0.4, 0.5) is 0 Å². The molecule has 6 N–H and O–H groups in total. The maximum atomic E-state index is 12.4. The highest BCUT2D eigenvalue weighted by atomic mass is 16.5. The van der Waals surface area contributed by atoms with Crippen molar-refractivity contribution < 1.29 is 44.5 Å². The number of fused-ring (bicyclic) bond motifs is 2. The van der Waals surface area contributed by atoms with Crippen molar-refractivity contribution in [2.75, 3.05) is 41.6 Å². The van der Waals surface area contributed by atoms with Crippen LogP contribution < -0.4 is 5.32 Å². The molecule has 5 saturated carbocycles. The van der Waals surface area contributed by atoms with E-state index in [0.29, 0.717) is 13.0 Å². The lowest BCUT2D eigenvalue weighted by Crippen LogP contribution is -2.80. The molecule has 1 aliphatic heterocycles. The predicted molar refractivity (Wildman–Crippen MR) is 112 cm³/mol. The highest BCUT2D eigenvalue weighted by molar-refractivity contribution is 5.39. The monoisotopic (exact) mass is 471 g/mol. The molecule has 188 valence electrons. The number of piperidine rings is 1. The first-order valence-corrected chi connectivity index (χ1v) is 12.0. The standard InChI is InChI=1S/C23H37NO9/c1-30-8-20-7-24-16-13-14(32-3)15(20)22(16,11(31-2)5-10(20)25)9-6-21(28)17(26)12(9)23(13,29)18(27)19(21)33-4/h9-19,24-29H,5-8H2,1-4H3/t9-,10-,11+,12-,13-,14+,15-,16-,17-,18+,19+,20+,21-,22+,23-/m1/s1. The van der Waals surface area contributed by atoms with Gasteiger partial charge in [0.15, 0.2) is 0 Å². The van der Waals surface area contributed by atoms with Gasteiger partial charge in [-0.05, 0) is 12.3 Å². The summed E-state index contributed by atoms with van der Waals surface area (Å²) in [5.41, 5.74) is -4.83. The van der Waals surface area contributed by atoms with Crippen molar-refractivity contribution in [3.05, 3.63) is 0 Å². The van der Waals surface area contributed by atoms with Gasteiger partial charge in [0.1, 0.15) is 23.4 Å². The van der Waals surface area contributed by atoms with E-state index in [9.17, 15) is 25.5 Å². The van der Waals surface area contributed by atoms with E-state index in [0.717, 1.165) is 0 Å². The van der Waals surface area contributed by atoms with Crippen LogP contribution in [0.2, 0.25) is 0 Å². The molecule has 0 radical (unpaired) electrons. The molecule has 5 aliphatic carbocycles. The van der Waals surface area contributed by atoms with Crippen LogP contribution in [0.1, 0.15) is 12.8 Å². The number of methoxy groups -OCH3 is 4. The topological polar surface area (TPSA) is 150 Å². The Hall–Kier alpha value is -0.400. The Morgan fingerprint density at radius 3 is 2.27 bits per heavy atom. The fourth-order valence-electron chi connectivity index (χ4n) is 10.4. The van der Waals surface area contributed by atoms with Crippen LogP contribution in [0.15, 0.2) is 0 Å². The lowest BCUT2D eigenvalue weighted by atomic mass is 9.43. The van der Waals surface area contributed by atoms with Gasteiger partial charge in [-0.1, -0.05) is 0 Å². The van der Waals surface area contributed by atoms with E-state index >= 15 is 0 Å². The molecule has 15 atom stereocenters. The number of hydrogen-bond acceptors (Lipinski definition) is 10. The van der Waals surface area contributed by atoms with Gasteiger partial charge < -0.3 is 49.8 Å². The van der Waals surface area contributed by atoms with E-state index in [1.807, 2.05) is 0 Å². The van der Waals surface area contributed by atoms with Crippen molar-refractivity contribution >= 4 is 0 Å². The van der Waals surface area contributed by atoms with E-state index in [4.69, 9.17) is 18.9 Å². The van der Waals surface area contributed by atoms with Crippen molar-refractivity contribution in [3.63, 3.8) is 0 Å². The molecule has 1 heterocycles. The van der Waals surface area contributed by atoms with Crippen LogP contribution in [0, 0.1) is 34.5 Å². The van der Waals surface area contributed by atoms with Gasteiger partial charge in [-0.2, -0.15) is 0 Å². The van der Waals surface area contributed by atoms with Gasteiger partial charge in [0.25, 0.3) is 0 Å². The van der Waals surface area contributed by atoms with Crippen LogP contribution in [-0.4, -0.2) is 121 Å². The van der Waals surface area contributed by atoms with Crippen LogP contribution in [0.3, 0.4) is 0 Å². The highest BCUT2D eigenvalue weighted by Crippen LogP contribution is 2.78. The molecule has 0 aromatic heterocycles. The van der Waals surface area contributed by atoms with E-state index in [-0.39, 0.29) is 25.0 Å². The fourth-order valence-corrected chi connectivity index (χ4v) is 10.4. The quantitative estimate of drug-likeness (QED) is 0.254. The van der Waals surface area contributed by atoms with Crippen molar-refractivity contribution in [1.29, 1.82) is 0 Å². The lowest BCUT2D eigenvalue weighted by Gasteiger charge is -2.67. The first kappa shape index (κ1) is 23.0. The van der Waals surface area contributed by atoms with Crippen molar-refractivity contribution in [3.8, 4) is 0 Å². The minimum absolute atomic E-state index is 0.146. The van der Waals surface area contributed by atoms with E-state index in [1.54, 1.807) is 21.3 Å². The summed E-state index contributed by atoms with van der Waals surface area (Å²) in [6.45, 7) is 0.755. The van der Waals surface area contributed by atoms with Crippen molar-refractivity contribution in [2.45, 2.75) is 66.7 Å². The molecule has 10 heteroatoms. The van der Waals surface area contributed by atoms with Gasteiger partial charge in [0, 0.05) is 76.0 Å². The summed E-state index contributed by atoms with van der Waals surface area (Å²) in [5, 5.41) is 62.0. The third kappa shape index (κ3) is 2.11. The second-order valence-corrected chi connectivity index (χ2v) is 11.5. The third-order valence-electron chi connectivity index (χ3n) is 11.1. The van der Waals surface area contributed by atoms with Gasteiger partial charge in [0.05, 0.1) is 31.0 Å². The third-order valence-corrected chi connectivity index (χ3v) is 11.1. The molecule has 6 fully saturated rings. The fraction of sp³-hybridized carbons (Fsp3) is 1.00. The summed E-state index contributed by atoms with van der Waals surface area (Å²) < 4.78 is 23.4. The van der Waals surface area contributed by atoms with Gasteiger partial charge in [-0.25, -0.2) is 0 Å². The Kier molecular flexibility index (Phi) is 4.80. The first-order valence-electron chi connectivity index (χ1n) is 12.0. The largest absolute Gasteiger partial charge is 0.392 e. The zero-order valence-corrected chi connectivity index (χ0v) is 19.5. The molecular formula is C23H37NO9. The van der Waals surface area contributed by atoms with E-state index in [2.05, 4.69) is 5.32 Å². The normalized spacial score (nSPS) is 64.8. The molecule has 6 aliphatic rings. The lowest BCUT2D eigenvalue weighted by molar-refractivity contribution is -0.307. The highest BCUT2D eigenvalue weighted by Gasteiger charge is 2.89. The van der Waals surface area contributed by atoms with Crippen molar-refractivity contribution in [1.82, 2.24) is 5.32 Å². The first-order chi connectivity index (χ1) is 15.7. The summed E-state index contributed by atoms with van der Waals surface area (Å²) >= 11 is 0. The Bertz CT molecular complexity index is 832. The van der Waals surface area contributed by atoms with Crippen molar-refractivity contribution in [2.24, 2.45) is 34.5 Å². The summed E-state index contributed by atoms with van der Waals surface area (Å²) in [4.78, 5) is 0. The second-order valence-electron chi connectivity index (χ2n) is 11.5. The zero-order valence-electron chi connectivity index (χ0n) is 19.5. The minimum Gasteiger partial charge on any atom is -0.392 e. The molecule has 1 spiro atoms. The molecule has 1 saturated heterocycles. The predicted octanol–water partition coefficient (Wildman–Crippen LogP) is -2.52. The smallest absolute Gasteiger partial charge is 0.120 e. The molecule has 0 unspecified atom stereocenters. The van der Waals surface area contributed by atoms with E-state index < -0.39 is 76.4 Å². The average Bonchev–Trinajstić information content (AvgIpc) is 3.12. The van der Waals surface area contributed by atoms with Gasteiger partial charge in [-0.15, -0.1) is 0 Å². The Balaban J connectivity index is 1.65. The SMILES string of the molecule is COC[C@]12CN[C@@H]3[C@H]4[C@H](OC)[C@H]1[C@@]3([C@@H](OC)C[C@H]2O)[C@@H]1C[C@@]2(O)[C@H](O)[C@@H]1[C@]4(O)[C@@H](O)[C@@H]2OC. The summed E-state index contributed by atoms with van der Waals surface area (Å²) in [5.74, 6) is -2.08. The van der Waals surface area contributed by atoms with Gasteiger partial charge in [0.2, 0.25) is 0 Å². The van der Waals surface area contributed by atoms with Crippen LogP contribution in [0.25, 0.3) is 0 Å². The number of rotatable bonds is 5. The number of aliphatic hydroxyl groups is 5. The molecule has 0 aromatic carbocycles. The second kappa shape index (κ2) is 6.88. The molecule has 10 nitrogen and oxygen atoms in total. The number of ether oxygens (including phenoxy) is 4. The Morgan fingerprint density at radius 2 is 1.67 bits per heavy atom. The molecule has 6 rings (SSSR count). The average molecular weight is 472 g/mol. The zero-order chi connectivity index (χ0) is 23.7. The molecular weight excluding hydrogens is 434 g/mol. The van der Waals surface area contributed by atoms with Crippen LogP contribution in [-0.2, 0) is 18.9 Å². The number of nitrogens with one attached hydrogen (secondary N) is 1. The number of hydrogen-bond donors (Lipinski definition) is 6. The molecule has 0 aromatic rings. The van der Waals surface area contributed by atoms with E-state index in [1.165, 1.54) is 7.11 Å². The van der Waals surface area contributed by atoms with Gasteiger partial charge >= 0.3 is 0 Å². The maximum absolute atomic E-state index is 12.4. The summed E-state index contributed by atoms with van der Waals surface area (Å²) in [6, 6.07) is -0.305. The Morgan fingerprint density at radius 1 is 0.939 bits per heavy atom. The minimum atomic E-state index is -1.76.